The summed E-state index contributed by atoms with van der Waals surface area (Å²) in [5.41, 5.74) is 3.14. The fourth-order valence-corrected chi connectivity index (χ4v) is 3.65. The first-order valence-corrected chi connectivity index (χ1v) is 9.41. The minimum atomic E-state index is -0.0496. The van der Waals surface area contributed by atoms with Gasteiger partial charge in [0.15, 0.2) is 5.13 Å². The largest absolute Gasteiger partial charge is 0.308 e. The summed E-state index contributed by atoms with van der Waals surface area (Å²) in [4.78, 5) is 21.4. The Morgan fingerprint density at radius 2 is 1.85 bits per heavy atom. The molecule has 0 spiro atoms. The number of halogens is 1. The molecule has 1 amide bonds. The molecule has 0 radical (unpaired) electrons. The van der Waals surface area contributed by atoms with Gasteiger partial charge in [-0.2, -0.15) is 0 Å². The molecule has 0 aliphatic rings. The van der Waals surface area contributed by atoms with E-state index < -0.39 is 0 Å². The van der Waals surface area contributed by atoms with E-state index in [-0.39, 0.29) is 18.3 Å². The Labute approximate surface area is 170 Å². The number of amides is 1. The van der Waals surface area contributed by atoms with Gasteiger partial charge in [0.1, 0.15) is 0 Å². The highest BCUT2D eigenvalue weighted by molar-refractivity contribution is 7.22. The van der Waals surface area contributed by atoms with Crippen molar-refractivity contribution in [2.24, 2.45) is 0 Å². The third-order valence-electron chi connectivity index (χ3n) is 4.02. The molecule has 4 nitrogen and oxygen atoms in total. The van der Waals surface area contributed by atoms with E-state index in [9.17, 15) is 4.79 Å². The first-order valence-electron chi connectivity index (χ1n) is 8.59. The number of likely N-dealkylation sites (N-methyl/N-ethyl adjacent to an activating group) is 1. The van der Waals surface area contributed by atoms with Crippen LogP contribution in [-0.2, 0) is 4.79 Å². The number of nitrogens with zero attached hydrogens (tertiary/aromatic N) is 3. The summed E-state index contributed by atoms with van der Waals surface area (Å²) in [6.45, 7) is 3.44. The number of thiazole rings is 1. The maximum absolute atomic E-state index is 12.9. The summed E-state index contributed by atoms with van der Waals surface area (Å²) >= 11 is 1.56. The number of aromatic nitrogens is 1. The minimum absolute atomic E-state index is 0. The second-order valence-electron chi connectivity index (χ2n) is 6.50. The van der Waals surface area contributed by atoms with Crippen molar-refractivity contribution in [2.45, 2.75) is 6.92 Å². The molecule has 0 N–H and O–H groups in total. The lowest BCUT2D eigenvalue weighted by Gasteiger charge is -2.20. The Morgan fingerprint density at radius 3 is 2.56 bits per heavy atom. The van der Waals surface area contributed by atoms with Crippen molar-refractivity contribution in [3.63, 3.8) is 0 Å². The van der Waals surface area contributed by atoms with Crippen molar-refractivity contribution in [1.29, 1.82) is 0 Å². The second kappa shape index (κ2) is 9.65. The number of fused-ring (bicyclic) bond motifs is 1. The maximum Gasteiger partial charge on any atom is 0.252 e. The Morgan fingerprint density at radius 1 is 1.11 bits per heavy atom. The predicted octanol–water partition coefficient (Wildman–Crippen LogP) is 4.63. The van der Waals surface area contributed by atoms with Crippen LogP contribution >= 0.6 is 23.7 Å². The van der Waals surface area contributed by atoms with Crippen LogP contribution in [0.2, 0.25) is 0 Å². The van der Waals surface area contributed by atoms with Gasteiger partial charge in [-0.15, -0.1) is 12.4 Å². The number of carbonyl (C=O) groups is 1. The first kappa shape index (κ1) is 21.1. The number of anilines is 1. The summed E-state index contributed by atoms with van der Waals surface area (Å²) in [6, 6.07) is 16.0. The van der Waals surface area contributed by atoms with Gasteiger partial charge in [-0.1, -0.05) is 47.7 Å². The minimum Gasteiger partial charge on any atom is -0.308 e. The van der Waals surface area contributed by atoms with Crippen molar-refractivity contribution >= 4 is 51.1 Å². The molecule has 3 aromatic rings. The zero-order chi connectivity index (χ0) is 18.5. The zero-order valence-electron chi connectivity index (χ0n) is 15.8. The predicted molar refractivity (Wildman–Crippen MR) is 118 cm³/mol. The van der Waals surface area contributed by atoms with Crippen LogP contribution in [0.3, 0.4) is 0 Å². The van der Waals surface area contributed by atoms with Crippen LogP contribution in [0.25, 0.3) is 16.3 Å². The van der Waals surface area contributed by atoms with Crippen molar-refractivity contribution < 1.29 is 4.79 Å². The van der Waals surface area contributed by atoms with Crippen LogP contribution in [0, 0.1) is 6.92 Å². The van der Waals surface area contributed by atoms with Gasteiger partial charge in [0, 0.05) is 19.2 Å². The molecule has 6 heteroatoms. The molecule has 0 saturated carbocycles. The van der Waals surface area contributed by atoms with Crippen molar-refractivity contribution in [2.75, 3.05) is 32.1 Å². The summed E-state index contributed by atoms with van der Waals surface area (Å²) < 4.78 is 1.11. The topological polar surface area (TPSA) is 36.4 Å². The normalized spacial score (nSPS) is 11.1. The zero-order valence-corrected chi connectivity index (χ0v) is 17.4. The van der Waals surface area contributed by atoms with Crippen molar-refractivity contribution in [3.8, 4) is 0 Å². The third kappa shape index (κ3) is 5.63. The molecule has 0 aliphatic heterocycles. The summed E-state index contributed by atoms with van der Waals surface area (Å²) in [6.07, 6.45) is 3.48. The van der Waals surface area contributed by atoms with Crippen LogP contribution in [0.5, 0.6) is 0 Å². The highest BCUT2D eigenvalue weighted by atomic mass is 35.5. The van der Waals surface area contributed by atoms with Crippen LogP contribution in [0.15, 0.2) is 54.6 Å². The van der Waals surface area contributed by atoms with E-state index >= 15 is 0 Å². The Kier molecular flexibility index (Phi) is 7.54. The number of aryl methyl sites for hydroxylation is 1. The fraction of sp³-hybridized carbons (Fsp3) is 0.238. The molecule has 0 atom stereocenters. The molecule has 0 unspecified atom stereocenters. The third-order valence-corrected chi connectivity index (χ3v) is 5.06. The smallest absolute Gasteiger partial charge is 0.252 e. The summed E-state index contributed by atoms with van der Waals surface area (Å²) in [5, 5.41) is 0.746. The van der Waals surface area contributed by atoms with E-state index in [0.717, 1.165) is 27.5 Å². The van der Waals surface area contributed by atoms with Crippen LogP contribution in [0.1, 0.15) is 11.1 Å². The van der Waals surface area contributed by atoms with E-state index in [0.29, 0.717) is 6.54 Å². The number of carbonyl (C=O) groups excluding carboxylic acids is 1. The lowest BCUT2D eigenvalue weighted by molar-refractivity contribution is -0.114. The van der Waals surface area contributed by atoms with Gasteiger partial charge < -0.3 is 4.90 Å². The highest BCUT2D eigenvalue weighted by Gasteiger charge is 2.18. The first-order chi connectivity index (χ1) is 12.5. The average Bonchev–Trinajstić information content (AvgIpc) is 3.03. The van der Waals surface area contributed by atoms with Crippen LogP contribution in [0.4, 0.5) is 5.13 Å². The van der Waals surface area contributed by atoms with E-state index in [4.69, 9.17) is 0 Å². The molecular weight excluding hydrogens is 378 g/mol. The number of benzene rings is 2. The molecule has 0 aliphatic carbocycles. The number of rotatable bonds is 6. The Balaban J connectivity index is 0.00000261. The SMILES string of the molecule is Cc1ccc2nc(N(CCN(C)C)C(=O)C=Cc3ccccc3)sc2c1.Cl. The molecule has 0 bridgehead atoms. The van der Waals surface area contributed by atoms with Gasteiger partial charge in [0.05, 0.1) is 10.2 Å². The fourth-order valence-electron chi connectivity index (χ4n) is 2.56. The van der Waals surface area contributed by atoms with Gasteiger partial charge in [-0.05, 0) is 50.4 Å². The number of hydrogen-bond donors (Lipinski definition) is 0. The standard InChI is InChI=1S/C21H23N3OS.ClH/c1-16-9-11-18-19(15-16)26-21(22-18)24(14-13-23(2)3)20(25)12-10-17-7-5-4-6-8-17;/h4-12,15H,13-14H2,1-3H3;1H. The quantitative estimate of drug-likeness (QED) is 0.565. The highest BCUT2D eigenvalue weighted by Crippen LogP contribution is 2.29. The van der Waals surface area contributed by atoms with Crippen molar-refractivity contribution in [1.82, 2.24) is 9.88 Å². The molecule has 27 heavy (non-hydrogen) atoms. The lowest BCUT2D eigenvalue weighted by atomic mass is 10.2. The molecule has 0 fully saturated rings. The van der Waals surface area contributed by atoms with E-state index in [1.165, 1.54) is 5.56 Å². The van der Waals surface area contributed by atoms with Gasteiger partial charge in [0.25, 0.3) is 5.91 Å². The molecule has 3 rings (SSSR count). The molecule has 2 aromatic carbocycles. The van der Waals surface area contributed by atoms with Crippen molar-refractivity contribution in [3.05, 3.63) is 65.7 Å². The second-order valence-corrected chi connectivity index (χ2v) is 7.51. The average molecular weight is 402 g/mol. The van der Waals surface area contributed by atoms with E-state index in [2.05, 4.69) is 22.9 Å². The van der Waals surface area contributed by atoms with Gasteiger partial charge >= 0.3 is 0 Å². The van der Waals surface area contributed by atoms with Crippen LogP contribution < -0.4 is 4.90 Å². The molecule has 142 valence electrons. The van der Waals surface area contributed by atoms with Gasteiger partial charge in [0.2, 0.25) is 0 Å². The molecule has 1 aromatic heterocycles. The molecule has 0 saturated heterocycles. The van der Waals surface area contributed by atoms with Crippen LogP contribution in [-0.4, -0.2) is 43.0 Å². The summed E-state index contributed by atoms with van der Waals surface area (Å²) in [5.74, 6) is -0.0496. The van der Waals surface area contributed by atoms with E-state index in [1.54, 1.807) is 22.3 Å². The molecular formula is C21H24ClN3OS. The maximum atomic E-state index is 12.9. The number of hydrogen-bond acceptors (Lipinski definition) is 4. The monoisotopic (exact) mass is 401 g/mol. The van der Waals surface area contributed by atoms with Gasteiger partial charge in [-0.25, -0.2) is 4.98 Å². The van der Waals surface area contributed by atoms with Gasteiger partial charge in [-0.3, -0.25) is 9.69 Å². The molecule has 1 heterocycles. The summed E-state index contributed by atoms with van der Waals surface area (Å²) in [7, 11) is 4.01. The van der Waals surface area contributed by atoms with E-state index in [1.807, 2.05) is 62.6 Å². The lowest BCUT2D eigenvalue weighted by Crippen LogP contribution is -2.35. The Hall–Kier alpha value is -2.21. The Bertz CT molecular complexity index is 922.